The normalized spacial score (nSPS) is 11.5. The van der Waals surface area contributed by atoms with Crippen molar-refractivity contribution < 1.29 is 18.7 Å². The molecule has 4 rings (SSSR count). The van der Waals surface area contributed by atoms with E-state index in [1.54, 1.807) is 18.5 Å². The summed E-state index contributed by atoms with van der Waals surface area (Å²) >= 11 is 1.37. The van der Waals surface area contributed by atoms with Crippen LogP contribution in [0.4, 0.5) is 5.13 Å². The van der Waals surface area contributed by atoms with Crippen LogP contribution in [0.2, 0.25) is 0 Å². The van der Waals surface area contributed by atoms with E-state index in [2.05, 4.69) is 10.3 Å². The third kappa shape index (κ3) is 4.68. The van der Waals surface area contributed by atoms with E-state index in [1.807, 2.05) is 62.5 Å². The molecule has 1 amide bonds. The van der Waals surface area contributed by atoms with Gasteiger partial charge in [0.25, 0.3) is 0 Å². The number of allylic oxidation sites excluding steroid dienone is 1. The van der Waals surface area contributed by atoms with Crippen LogP contribution in [0.15, 0.2) is 64.7 Å². The van der Waals surface area contributed by atoms with E-state index in [4.69, 9.17) is 13.9 Å². The van der Waals surface area contributed by atoms with Crippen LogP contribution in [0.25, 0.3) is 27.7 Å². The summed E-state index contributed by atoms with van der Waals surface area (Å²) in [5.74, 6) is 1.26. The van der Waals surface area contributed by atoms with Gasteiger partial charge in [-0.3, -0.25) is 10.1 Å². The van der Waals surface area contributed by atoms with Crippen molar-refractivity contribution >= 4 is 38.9 Å². The lowest BCUT2D eigenvalue weighted by Crippen LogP contribution is -2.08. The standard InChI is InChI=1S/C25H24N2O4S/c1-4-29-18-8-6-17(7-9-18)21-15-31-23-14-22(30-5-2)19(13-20(21)23)16(3)12-24(28)27-25-26-10-11-32-25/h6-15H,4-5H2,1-3H3,(H,26,27,28)/b16-12+. The number of aromatic nitrogens is 1. The molecule has 6 nitrogen and oxygen atoms in total. The van der Waals surface area contributed by atoms with Crippen molar-refractivity contribution in [2.24, 2.45) is 0 Å². The molecule has 0 radical (unpaired) electrons. The minimum atomic E-state index is -0.237. The number of anilines is 1. The Kier molecular flexibility index (Phi) is 6.56. The number of furan rings is 1. The second kappa shape index (κ2) is 9.70. The maximum absolute atomic E-state index is 12.5. The summed E-state index contributed by atoms with van der Waals surface area (Å²) < 4.78 is 17.2. The highest BCUT2D eigenvalue weighted by Gasteiger charge is 2.15. The lowest BCUT2D eigenvalue weighted by molar-refractivity contribution is -0.111. The molecule has 4 aromatic rings. The Morgan fingerprint density at radius 3 is 2.62 bits per heavy atom. The smallest absolute Gasteiger partial charge is 0.250 e. The summed E-state index contributed by atoms with van der Waals surface area (Å²) in [6.45, 7) is 6.91. The highest BCUT2D eigenvalue weighted by atomic mass is 32.1. The van der Waals surface area contributed by atoms with Gasteiger partial charge in [0.1, 0.15) is 17.1 Å². The molecule has 0 saturated heterocycles. The highest BCUT2D eigenvalue weighted by molar-refractivity contribution is 7.13. The Bertz CT molecular complexity index is 1240. The minimum absolute atomic E-state index is 0.237. The van der Waals surface area contributed by atoms with Crippen LogP contribution in [-0.4, -0.2) is 24.1 Å². The molecule has 2 aromatic carbocycles. The summed E-state index contributed by atoms with van der Waals surface area (Å²) in [5.41, 5.74) is 4.32. The van der Waals surface area contributed by atoms with E-state index in [1.165, 1.54) is 11.3 Å². The van der Waals surface area contributed by atoms with E-state index in [-0.39, 0.29) is 5.91 Å². The zero-order chi connectivity index (χ0) is 22.5. The zero-order valence-corrected chi connectivity index (χ0v) is 19.0. The maximum Gasteiger partial charge on any atom is 0.250 e. The lowest BCUT2D eigenvalue weighted by atomic mass is 9.99. The number of thiazole rings is 1. The number of benzene rings is 2. The SMILES string of the molecule is CCOc1ccc(-c2coc3cc(OCC)c(/C(C)=C/C(=O)Nc4nccs4)cc23)cc1. The number of nitrogens with zero attached hydrogens (tertiary/aromatic N) is 1. The highest BCUT2D eigenvalue weighted by Crippen LogP contribution is 2.38. The van der Waals surface area contributed by atoms with Crippen molar-refractivity contribution in [3.05, 3.63) is 65.9 Å². The summed E-state index contributed by atoms with van der Waals surface area (Å²) in [5, 5.41) is 6.10. The number of hydrogen-bond donors (Lipinski definition) is 1. The van der Waals surface area contributed by atoms with Gasteiger partial charge in [0, 0.05) is 40.2 Å². The Morgan fingerprint density at radius 1 is 1.16 bits per heavy atom. The molecule has 2 aromatic heterocycles. The van der Waals surface area contributed by atoms with Crippen molar-refractivity contribution in [1.29, 1.82) is 0 Å². The zero-order valence-electron chi connectivity index (χ0n) is 18.2. The van der Waals surface area contributed by atoms with Crippen LogP contribution in [0, 0.1) is 0 Å². The molecule has 0 saturated carbocycles. The Balaban J connectivity index is 1.72. The first-order chi connectivity index (χ1) is 15.6. The van der Waals surface area contributed by atoms with Crippen LogP contribution < -0.4 is 14.8 Å². The molecule has 32 heavy (non-hydrogen) atoms. The van der Waals surface area contributed by atoms with Crippen LogP contribution in [0.5, 0.6) is 11.5 Å². The molecule has 0 aliphatic rings. The van der Waals surface area contributed by atoms with E-state index in [9.17, 15) is 4.79 Å². The summed E-state index contributed by atoms with van der Waals surface area (Å²) in [6.07, 6.45) is 4.95. The molecule has 0 spiro atoms. The third-order valence-electron chi connectivity index (χ3n) is 4.89. The van der Waals surface area contributed by atoms with Crippen LogP contribution in [0.1, 0.15) is 26.3 Å². The fourth-order valence-corrected chi connectivity index (χ4v) is 3.99. The Hall–Kier alpha value is -3.58. The molecular formula is C25H24N2O4S. The molecule has 0 bridgehead atoms. The van der Waals surface area contributed by atoms with Crippen LogP contribution in [0.3, 0.4) is 0 Å². The van der Waals surface area contributed by atoms with E-state index in [0.29, 0.717) is 24.1 Å². The third-order valence-corrected chi connectivity index (χ3v) is 5.58. The summed E-state index contributed by atoms with van der Waals surface area (Å²) in [7, 11) is 0. The largest absolute Gasteiger partial charge is 0.494 e. The molecule has 0 aliphatic carbocycles. The lowest BCUT2D eigenvalue weighted by Gasteiger charge is -2.12. The molecule has 0 aliphatic heterocycles. The second-order valence-electron chi connectivity index (χ2n) is 7.04. The molecule has 1 N–H and O–H groups in total. The average molecular weight is 449 g/mol. The van der Waals surface area contributed by atoms with Gasteiger partial charge in [-0.05, 0) is 50.1 Å². The first-order valence-electron chi connectivity index (χ1n) is 10.4. The van der Waals surface area contributed by atoms with Crippen LogP contribution >= 0.6 is 11.3 Å². The molecule has 0 fully saturated rings. The van der Waals surface area contributed by atoms with Gasteiger partial charge in [0.05, 0.1) is 19.5 Å². The van der Waals surface area contributed by atoms with Gasteiger partial charge in [0.2, 0.25) is 5.91 Å². The average Bonchev–Trinajstić information content (AvgIpc) is 3.43. The van der Waals surface area contributed by atoms with Crippen molar-refractivity contribution in [3.63, 3.8) is 0 Å². The van der Waals surface area contributed by atoms with Gasteiger partial charge in [-0.2, -0.15) is 0 Å². The van der Waals surface area contributed by atoms with E-state index >= 15 is 0 Å². The topological polar surface area (TPSA) is 73.6 Å². The van der Waals surface area contributed by atoms with Gasteiger partial charge in [-0.1, -0.05) is 12.1 Å². The number of amides is 1. The fraction of sp³-hybridized carbons (Fsp3) is 0.200. The maximum atomic E-state index is 12.5. The molecule has 0 atom stereocenters. The molecular weight excluding hydrogens is 424 g/mol. The van der Waals surface area contributed by atoms with Crippen molar-refractivity contribution in [3.8, 4) is 22.6 Å². The number of fused-ring (bicyclic) bond motifs is 1. The summed E-state index contributed by atoms with van der Waals surface area (Å²) in [6, 6.07) is 11.8. The van der Waals surface area contributed by atoms with E-state index in [0.717, 1.165) is 39.0 Å². The van der Waals surface area contributed by atoms with E-state index < -0.39 is 0 Å². The van der Waals surface area contributed by atoms with Gasteiger partial charge < -0.3 is 13.9 Å². The Morgan fingerprint density at radius 2 is 1.94 bits per heavy atom. The number of hydrogen-bond acceptors (Lipinski definition) is 6. The number of ether oxygens (including phenoxy) is 2. The van der Waals surface area contributed by atoms with Gasteiger partial charge >= 0.3 is 0 Å². The molecule has 0 unspecified atom stereocenters. The predicted octanol–water partition coefficient (Wildman–Crippen LogP) is 6.40. The van der Waals surface area contributed by atoms with Gasteiger partial charge in [0.15, 0.2) is 5.13 Å². The van der Waals surface area contributed by atoms with Crippen molar-refractivity contribution in [2.75, 3.05) is 18.5 Å². The number of rotatable bonds is 8. The first kappa shape index (κ1) is 21.6. The molecule has 164 valence electrons. The number of carbonyl (C=O) groups excluding carboxylic acids is 1. The van der Waals surface area contributed by atoms with Gasteiger partial charge in [-0.15, -0.1) is 11.3 Å². The van der Waals surface area contributed by atoms with Crippen LogP contribution in [-0.2, 0) is 4.79 Å². The minimum Gasteiger partial charge on any atom is -0.494 e. The van der Waals surface area contributed by atoms with Crippen molar-refractivity contribution in [1.82, 2.24) is 4.98 Å². The number of carbonyl (C=O) groups is 1. The monoisotopic (exact) mass is 448 g/mol. The molecule has 7 heteroatoms. The second-order valence-corrected chi connectivity index (χ2v) is 7.93. The quantitative estimate of drug-likeness (QED) is 0.316. The number of nitrogens with one attached hydrogen (secondary N) is 1. The summed E-state index contributed by atoms with van der Waals surface area (Å²) in [4.78, 5) is 16.5. The Labute approximate surface area is 190 Å². The fourth-order valence-electron chi connectivity index (χ4n) is 3.46. The van der Waals surface area contributed by atoms with Crippen molar-refractivity contribution in [2.45, 2.75) is 20.8 Å². The predicted molar refractivity (Wildman–Crippen MR) is 128 cm³/mol. The molecule has 2 heterocycles. The first-order valence-corrected chi connectivity index (χ1v) is 11.3. The van der Waals surface area contributed by atoms with Gasteiger partial charge in [-0.25, -0.2) is 4.98 Å².